The molecule has 4 aromatic rings. The number of nitrogens with zero attached hydrogens (tertiary/aromatic N) is 1. The van der Waals surface area contributed by atoms with Crippen molar-refractivity contribution < 1.29 is 9.21 Å². The third-order valence-electron chi connectivity index (χ3n) is 3.57. The van der Waals surface area contributed by atoms with Gasteiger partial charge in [0, 0.05) is 11.1 Å². The zero-order valence-corrected chi connectivity index (χ0v) is 11.1. The number of rotatable bonds is 2. The molecule has 21 heavy (non-hydrogen) atoms. The molecule has 0 atom stereocenters. The number of fused-ring (bicyclic) bond motifs is 2. The van der Waals surface area contributed by atoms with Crippen LogP contribution < -0.4 is 0 Å². The first-order valence-corrected chi connectivity index (χ1v) is 6.69. The van der Waals surface area contributed by atoms with E-state index in [-0.39, 0.29) is 0 Å². The van der Waals surface area contributed by atoms with Crippen LogP contribution in [-0.4, -0.2) is 11.3 Å². The van der Waals surface area contributed by atoms with Crippen LogP contribution in [0.2, 0.25) is 0 Å². The summed E-state index contributed by atoms with van der Waals surface area (Å²) in [6, 6.07) is 19.4. The molecule has 0 amide bonds. The lowest BCUT2D eigenvalue weighted by Crippen LogP contribution is -1.81. The molecule has 0 unspecified atom stereocenters. The second-order valence-corrected chi connectivity index (χ2v) is 4.89. The van der Waals surface area contributed by atoms with Crippen molar-refractivity contribution in [1.29, 1.82) is 0 Å². The highest BCUT2D eigenvalue weighted by Crippen LogP contribution is 2.30. The van der Waals surface area contributed by atoms with Gasteiger partial charge in [0.25, 0.3) is 0 Å². The van der Waals surface area contributed by atoms with Crippen LogP contribution >= 0.6 is 0 Å². The molecular formula is C18H11NO2. The van der Waals surface area contributed by atoms with Gasteiger partial charge in [0.1, 0.15) is 11.8 Å². The maximum absolute atomic E-state index is 10.8. The minimum Gasteiger partial charge on any atom is -0.436 e. The number of aldehydes is 1. The molecule has 0 bridgehead atoms. The molecule has 0 fully saturated rings. The molecule has 0 aliphatic heterocycles. The summed E-state index contributed by atoms with van der Waals surface area (Å²) in [5.74, 6) is 0.574. The monoisotopic (exact) mass is 273 g/mol. The van der Waals surface area contributed by atoms with E-state index >= 15 is 0 Å². The number of carbonyl (C=O) groups excluding carboxylic acids is 1. The van der Waals surface area contributed by atoms with Gasteiger partial charge in [-0.1, -0.05) is 36.4 Å². The van der Waals surface area contributed by atoms with Gasteiger partial charge in [-0.3, -0.25) is 4.79 Å². The Kier molecular flexibility index (Phi) is 2.57. The Hall–Kier alpha value is -2.94. The predicted molar refractivity (Wildman–Crippen MR) is 82.3 cm³/mol. The Balaban J connectivity index is 1.98. The molecule has 3 heteroatoms. The van der Waals surface area contributed by atoms with Crippen molar-refractivity contribution in [3.63, 3.8) is 0 Å². The molecule has 0 radical (unpaired) electrons. The Morgan fingerprint density at radius 3 is 2.71 bits per heavy atom. The van der Waals surface area contributed by atoms with Gasteiger partial charge in [-0.25, -0.2) is 4.98 Å². The van der Waals surface area contributed by atoms with Gasteiger partial charge in [-0.2, -0.15) is 0 Å². The highest BCUT2D eigenvalue weighted by molar-refractivity contribution is 5.96. The van der Waals surface area contributed by atoms with Crippen molar-refractivity contribution in [3.8, 4) is 11.5 Å². The van der Waals surface area contributed by atoms with E-state index in [1.165, 1.54) is 0 Å². The second-order valence-electron chi connectivity index (χ2n) is 4.89. The van der Waals surface area contributed by atoms with Crippen LogP contribution in [0.5, 0.6) is 0 Å². The first-order valence-electron chi connectivity index (χ1n) is 6.69. The molecule has 3 nitrogen and oxygen atoms in total. The second kappa shape index (κ2) is 4.56. The molecule has 0 saturated heterocycles. The van der Waals surface area contributed by atoms with Crippen LogP contribution in [0.3, 0.4) is 0 Å². The summed E-state index contributed by atoms with van der Waals surface area (Å²) in [5, 5.41) is 2.24. The summed E-state index contributed by atoms with van der Waals surface area (Å²) in [6.45, 7) is 0. The summed E-state index contributed by atoms with van der Waals surface area (Å²) in [4.78, 5) is 15.4. The number of hydrogen-bond acceptors (Lipinski definition) is 3. The van der Waals surface area contributed by atoms with E-state index < -0.39 is 0 Å². The number of hydrogen-bond donors (Lipinski definition) is 0. The smallest absolute Gasteiger partial charge is 0.227 e. The summed E-state index contributed by atoms with van der Waals surface area (Å²) in [5.41, 5.74) is 2.93. The number of aromatic nitrogens is 1. The third-order valence-corrected chi connectivity index (χ3v) is 3.57. The molecular weight excluding hydrogens is 262 g/mol. The maximum atomic E-state index is 10.8. The first-order chi connectivity index (χ1) is 10.3. The average Bonchev–Trinajstić information content (AvgIpc) is 2.97. The number of oxazole rings is 1. The quantitative estimate of drug-likeness (QED) is 0.506. The molecule has 0 saturated carbocycles. The highest BCUT2D eigenvalue weighted by atomic mass is 16.3. The van der Waals surface area contributed by atoms with Crippen molar-refractivity contribution in [2.24, 2.45) is 0 Å². The molecule has 0 spiro atoms. The lowest BCUT2D eigenvalue weighted by Gasteiger charge is -2.01. The fourth-order valence-corrected chi connectivity index (χ4v) is 2.54. The maximum Gasteiger partial charge on any atom is 0.227 e. The zero-order valence-electron chi connectivity index (χ0n) is 11.1. The molecule has 100 valence electrons. The minimum absolute atomic E-state index is 0.574. The molecule has 1 aromatic heterocycles. The summed E-state index contributed by atoms with van der Waals surface area (Å²) in [6.07, 6.45) is 0.811. The molecule has 0 N–H and O–H groups in total. The van der Waals surface area contributed by atoms with Gasteiger partial charge in [0.2, 0.25) is 5.89 Å². The molecule has 0 aliphatic carbocycles. The van der Waals surface area contributed by atoms with E-state index in [0.29, 0.717) is 22.6 Å². The SMILES string of the molecule is O=Cc1ccc2oc(-c3cccc4ccccc34)nc2c1. The molecule has 3 aromatic carbocycles. The van der Waals surface area contributed by atoms with E-state index in [0.717, 1.165) is 22.6 Å². The van der Waals surface area contributed by atoms with Crippen LogP contribution in [0.25, 0.3) is 33.3 Å². The van der Waals surface area contributed by atoms with Crippen molar-refractivity contribution in [3.05, 3.63) is 66.2 Å². The van der Waals surface area contributed by atoms with Gasteiger partial charge in [0.15, 0.2) is 5.58 Å². The Morgan fingerprint density at radius 1 is 0.952 bits per heavy atom. The molecule has 1 heterocycles. The fraction of sp³-hybridized carbons (Fsp3) is 0. The van der Waals surface area contributed by atoms with Crippen LogP contribution in [0.1, 0.15) is 10.4 Å². The minimum atomic E-state index is 0.574. The Labute approximate surface area is 120 Å². The fourth-order valence-electron chi connectivity index (χ4n) is 2.54. The Bertz CT molecular complexity index is 964. The first kappa shape index (κ1) is 11.9. The van der Waals surface area contributed by atoms with Gasteiger partial charge >= 0.3 is 0 Å². The molecule has 4 rings (SSSR count). The third kappa shape index (κ3) is 1.91. The lowest BCUT2D eigenvalue weighted by molar-refractivity contribution is 0.112. The Morgan fingerprint density at radius 2 is 1.81 bits per heavy atom. The van der Waals surface area contributed by atoms with Gasteiger partial charge in [-0.05, 0) is 35.0 Å². The summed E-state index contributed by atoms with van der Waals surface area (Å²) in [7, 11) is 0. The number of benzene rings is 3. The topological polar surface area (TPSA) is 43.1 Å². The lowest BCUT2D eigenvalue weighted by atomic mass is 10.0. The highest BCUT2D eigenvalue weighted by Gasteiger charge is 2.11. The standard InChI is InChI=1S/C18H11NO2/c20-11-12-8-9-17-16(10-12)19-18(21-17)15-7-3-5-13-4-1-2-6-14(13)15/h1-11H. The zero-order chi connectivity index (χ0) is 14.2. The van der Waals surface area contributed by atoms with Crippen molar-refractivity contribution in [1.82, 2.24) is 4.98 Å². The predicted octanol–water partition coefficient (Wildman–Crippen LogP) is 4.46. The van der Waals surface area contributed by atoms with Crippen molar-refractivity contribution in [2.75, 3.05) is 0 Å². The van der Waals surface area contributed by atoms with Crippen LogP contribution in [-0.2, 0) is 0 Å². The van der Waals surface area contributed by atoms with Gasteiger partial charge in [0.05, 0.1) is 0 Å². The summed E-state index contributed by atoms with van der Waals surface area (Å²) < 4.78 is 5.83. The number of carbonyl (C=O) groups is 1. The summed E-state index contributed by atoms with van der Waals surface area (Å²) >= 11 is 0. The molecule has 0 aliphatic rings. The van der Waals surface area contributed by atoms with Crippen LogP contribution in [0.4, 0.5) is 0 Å². The van der Waals surface area contributed by atoms with E-state index in [1.807, 2.05) is 24.3 Å². The normalized spacial score (nSPS) is 11.0. The van der Waals surface area contributed by atoms with E-state index in [9.17, 15) is 4.79 Å². The largest absolute Gasteiger partial charge is 0.436 e. The van der Waals surface area contributed by atoms with E-state index in [1.54, 1.807) is 18.2 Å². The van der Waals surface area contributed by atoms with Crippen LogP contribution in [0.15, 0.2) is 65.1 Å². The van der Waals surface area contributed by atoms with Crippen molar-refractivity contribution >= 4 is 28.2 Å². The van der Waals surface area contributed by atoms with Gasteiger partial charge < -0.3 is 4.42 Å². The van der Waals surface area contributed by atoms with Gasteiger partial charge in [-0.15, -0.1) is 0 Å². The van der Waals surface area contributed by atoms with E-state index in [2.05, 4.69) is 23.2 Å². The average molecular weight is 273 g/mol. The van der Waals surface area contributed by atoms with E-state index in [4.69, 9.17) is 4.42 Å². The van der Waals surface area contributed by atoms with Crippen molar-refractivity contribution in [2.45, 2.75) is 0 Å². The van der Waals surface area contributed by atoms with Crippen LogP contribution in [0, 0.1) is 0 Å².